The van der Waals surface area contributed by atoms with Crippen molar-refractivity contribution >= 4 is 17.7 Å². The average Bonchev–Trinajstić information content (AvgIpc) is 3.00. The van der Waals surface area contributed by atoms with E-state index in [4.69, 9.17) is 0 Å². The van der Waals surface area contributed by atoms with Crippen molar-refractivity contribution in [2.24, 2.45) is 0 Å². The van der Waals surface area contributed by atoms with Crippen LogP contribution in [0.25, 0.3) is 0 Å². The summed E-state index contributed by atoms with van der Waals surface area (Å²) in [6.07, 6.45) is 1.70. The lowest BCUT2D eigenvalue weighted by Crippen LogP contribution is -2.29. The third kappa shape index (κ3) is 4.59. The number of hydrogen-bond donors (Lipinski definition) is 1. The predicted octanol–water partition coefficient (Wildman–Crippen LogP) is 2.87. The Bertz CT molecular complexity index is 597. The topological polar surface area (TPSA) is 59.8 Å². The zero-order chi connectivity index (χ0) is 15.9. The van der Waals surface area contributed by atoms with Crippen molar-refractivity contribution in [3.63, 3.8) is 0 Å². The molecule has 5 nitrogen and oxygen atoms in total. The van der Waals surface area contributed by atoms with E-state index in [1.54, 1.807) is 6.33 Å². The summed E-state index contributed by atoms with van der Waals surface area (Å²) in [5, 5.41) is 11.7. The van der Waals surface area contributed by atoms with E-state index in [9.17, 15) is 4.79 Å². The van der Waals surface area contributed by atoms with Crippen molar-refractivity contribution < 1.29 is 4.79 Å². The first-order valence-electron chi connectivity index (χ1n) is 7.42. The molecule has 0 spiro atoms. The van der Waals surface area contributed by atoms with Crippen LogP contribution in [0.4, 0.5) is 0 Å². The molecule has 0 fully saturated rings. The lowest BCUT2D eigenvalue weighted by atomic mass is 10.0. The predicted molar refractivity (Wildman–Crippen MR) is 89.0 cm³/mol. The third-order valence-corrected chi connectivity index (χ3v) is 4.36. The smallest absolute Gasteiger partial charge is 0.230 e. The summed E-state index contributed by atoms with van der Waals surface area (Å²) in [6, 6.07) is 10.5. The van der Waals surface area contributed by atoms with Crippen molar-refractivity contribution in [3.05, 3.63) is 42.2 Å². The SMILES string of the molecule is CC(CNC(=O)CSc1nncn1C(C)C)c1ccccc1. The maximum absolute atomic E-state index is 12.0. The molecule has 118 valence electrons. The van der Waals surface area contributed by atoms with Gasteiger partial charge in [0.2, 0.25) is 5.91 Å². The van der Waals surface area contributed by atoms with Crippen LogP contribution < -0.4 is 5.32 Å². The first kappa shape index (κ1) is 16.5. The van der Waals surface area contributed by atoms with Crippen LogP contribution >= 0.6 is 11.8 Å². The average molecular weight is 318 g/mol. The van der Waals surface area contributed by atoms with E-state index in [0.717, 1.165) is 5.16 Å². The molecule has 0 saturated heterocycles. The van der Waals surface area contributed by atoms with E-state index in [1.165, 1.54) is 17.3 Å². The Kier molecular flexibility index (Phi) is 6.00. The van der Waals surface area contributed by atoms with Crippen LogP contribution in [0.5, 0.6) is 0 Å². The van der Waals surface area contributed by atoms with Gasteiger partial charge in [-0.3, -0.25) is 4.79 Å². The molecule has 1 aromatic heterocycles. The molecular weight excluding hydrogens is 296 g/mol. The Labute approximate surface area is 135 Å². The summed E-state index contributed by atoms with van der Waals surface area (Å²) in [6.45, 7) is 6.88. The van der Waals surface area contributed by atoms with Gasteiger partial charge in [-0.05, 0) is 25.3 Å². The molecule has 0 aliphatic heterocycles. The molecule has 1 amide bonds. The van der Waals surface area contributed by atoms with Crippen molar-refractivity contribution in [1.82, 2.24) is 20.1 Å². The second-order valence-electron chi connectivity index (χ2n) is 5.52. The van der Waals surface area contributed by atoms with E-state index in [0.29, 0.717) is 24.3 Å². The monoisotopic (exact) mass is 318 g/mol. The molecule has 0 aliphatic rings. The molecule has 0 radical (unpaired) electrons. The van der Waals surface area contributed by atoms with E-state index in [1.807, 2.05) is 22.8 Å². The summed E-state index contributed by atoms with van der Waals surface area (Å²) in [5.41, 5.74) is 1.23. The molecule has 0 saturated carbocycles. The molecule has 1 unspecified atom stereocenters. The Morgan fingerprint density at radius 3 is 2.68 bits per heavy atom. The van der Waals surface area contributed by atoms with Crippen LogP contribution in [0, 0.1) is 0 Å². The second kappa shape index (κ2) is 7.98. The van der Waals surface area contributed by atoms with Gasteiger partial charge in [-0.2, -0.15) is 0 Å². The fourth-order valence-electron chi connectivity index (χ4n) is 2.04. The van der Waals surface area contributed by atoms with Crippen LogP contribution in [0.3, 0.4) is 0 Å². The van der Waals surface area contributed by atoms with Gasteiger partial charge < -0.3 is 9.88 Å². The Morgan fingerprint density at radius 2 is 2.00 bits per heavy atom. The molecule has 6 heteroatoms. The largest absolute Gasteiger partial charge is 0.355 e. The minimum Gasteiger partial charge on any atom is -0.355 e. The molecule has 2 rings (SSSR count). The number of hydrogen-bond acceptors (Lipinski definition) is 4. The lowest BCUT2D eigenvalue weighted by Gasteiger charge is -2.13. The number of benzene rings is 1. The normalized spacial score (nSPS) is 12.4. The molecular formula is C16H22N4OS. The highest BCUT2D eigenvalue weighted by atomic mass is 32.2. The Morgan fingerprint density at radius 1 is 1.27 bits per heavy atom. The molecule has 2 aromatic rings. The molecule has 1 heterocycles. The van der Waals surface area contributed by atoms with Gasteiger partial charge in [-0.15, -0.1) is 10.2 Å². The molecule has 22 heavy (non-hydrogen) atoms. The first-order chi connectivity index (χ1) is 10.6. The third-order valence-electron chi connectivity index (χ3n) is 3.40. The summed E-state index contributed by atoms with van der Waals surface area (Å²) in [4.78, 5) is 12.0. The number of nitrogens with zero attached hydrogens (tertiary/aromatic N) is 3. The van der Waals surface area contributed by atoms with Gasteiger partial charge in [0.05, 0.1) is 5.75 Å². The van der Waals surface area contributed by atoms with Crippen LogP contribution in [-0.4, -0.2) is 33.0 Å². The maximum Gasteiger partial charge on any atom is 0.230 e. The number of nitrogens with one attached hydrogen (secondary N) is 1. The molecule has 1 N–H and O–H groups in total. The van der Waals surface area contributed by atoms with Crippen molar-refractivity contribution in [3.8, 4) is 0 Å². The Balaban J connectivity index is 1.77. The van der Waals surface area contributed by atoms with Gasteiger partial charge >= 0.3 is 0 Å². The molecule has 1 atom stereocenters. The summed E-state index contributed by atoms with van der Waals surface area (Å²) in [5.74, 6) is 0.674. The van der Waals surface area contributed by atoms with Gasteiger partial charge in [0.15, 0.2) is 5.16 Å². The number of aromatic nitrogens is 3. The van der Waals surface area contributed by atoms with E-state index < -0.39 is 0 Å². The quantitative estimate of drug-likeness (QED) is 0.798. The van der Waals surface area contributed by atoms with E-state index in [-0.39, 0.29) is 5.91 Å². The van der Waals surface area contributed by atoms with Gasteiger partial charge in [-0.1, -0.05) is 49.0 Å². The second-order valence-corrected chi connectivity index (χ2v) is 6.46. The number of thioether (sulfide) groups is 1. The van der Waals surface area contributed by atoms with Crippen molar-refractivity contribution in [2.45, 2.75) is 37.9 Å². The van der Waals surface area contributed by atoms with Crippen LogP contribution in [0.15, 0.2) is 41.8 Å². The fourth-order valence-corrected chi connectivity index (χ4v) is 2.91. The van der Waals surface area contributed by atoms with Gasteiger partial charge in [0, 0.05) is 12.6 Å². The summed E-state index contributed by atoms with van der Waals surface area (Å²) in [7, 11) is 0. The van der Waals surface area contributed by atoms with Crippen molar-refractivity contribution in [1.29, 1.82) is 0 Å². The first-order valence-corrected chi connectivity index (χ1v) is 8.40. The maximum atomic E-state index is 12.0. The summed E-state index contributed by atoms with van der Waals surface area (Å²) < 4.78 is 1.96. The van der Waals surface area contributed by atoms with Gasteiger partial charge in [0.1, 0.15) is 6.33 Å². The zero-order valence-corrected chi connectivity index (χ0v) is 14.0. The van der Waals surface area contributed by atoms with E-state index in [2.05, 4.69) is 48.4 Å². The minimum atomic E-state index is 0.0195. The summed E-state index contributed by atoms with van der Waals surface area (Å²) >= 11 is 1.41. The van der Waals surface area contributed by atoms with Crippen molar-refractivity contribution in [2.75, 3.05) is 12.3 Å². The number of carbonyl (C=O) groups is 1. The Hall–Kier alpha value is -1.82. The highest BCUT2D eigenvalue weighted by Gasteiger charge is 2.11. The van der Waals surface area contributed by atoms with Crippen LogP contribution in [-0.2, 0) is 4.79 Å². The van der Waals surface area contributed by atoms with Gasteiger partial charge in [0.25, 0.3) is 0 Å². The molecule has 1 aromatic carbocycles. The highest BCUT2D eigenvalue weighted by Crippen LogP contribution is 2.18. The number of rotatable bonds is 7. The van der Waals surface area contributed by atoms with Gasteiger partial charge in [-0.25, -0.2) is 0 Å². The van der Waals surface area contributed by atoms with E-state index >= 15 is 0 Å². The number of amides is 1. The molecule has 0 bridgehead atoms. The molecule has 0 aliphatic carbocycles. The van der Waals surface area contributed by atoms with Crippen LogP contribution in [0.1, 0.15) is 38.3 Å². The minimum absolute atomic E-state index is 0.0195. The van der Waals surface area contributed by atoms with Crippen LogP contribution in [0.2, 0.25) is 0 Å². The standard InChI is InChI=1S/C16H22N4OS/c1-12(2)20-11-18-19-16(20)22-10-15(21)17-9-13(3)14-7-5-4-6-8-14/h4-8,11-13H,9-10H2,1-3H3,(H,17,21). The zero-order valence-electron chi connectivity index (χ0n) is 13.2. The lowest BCUT2D eigenvalue weighted by molar-refractivity contribution is -0.118. The highest BCUT2D eigenvalue weighted by molar-refractivity contribution is 7.99. The fraction of sp³-hybridized carbons (Fsp3) is 0.438. The number of carbonyl (C=O) groups excluding carboxylic acids is 1.